The van der Waals surface area contributed by atoms with Crippen molar-refractivity contribution < 1.29 is 8.42 Å². The third-order valence-electron chi connectivity index (χ3n) is 4.13. The predicted molar refractivity (Wildman–Crippen MR) is 113 cm³/mol. The molecule has 0 saturated heterocycles. The van der Waals surface area contributed by atoms with Crippen LogP contribution in [0.4, 0.5) is 0 Å². The van der Waals surface area contributed by atoms with Crippen LogP contribution >= 0.6 is 11.3 Å². The van der Waals surface area contributed by atoms with Crippen molar-refractivity contribution in [1.29, 1.82) is 0 Å². The molecule has 2 rings (SSSR count). The van der Waals surface area contributed by atoms with Crippen LogP contribution < -0.4 is 15.4 Å². The summed E-state index contributed by atoms with van der Waals surface area (Å²) in [5.41, 5.74) is 0.826. The second-order valence-electron chi connectivity index (χ2n) is 6.76. The minimum atomic E-state index is -3.45. The first kappa shape index (κ1) is 21.4. The molecule has 0 radical (unpaired) electrons. The Hall–Kier alpha value is -1.90. The van der Waals surface area contributed by atoms with E-state index in [-0.39, 0.29) is 10.3 Å². The second kappa shape index (κ2) is 9.34. The van der Waals surface area contributed by atoms with E-state index in [2.05, 4.69) is 51.7 Å². The largest absolute Gasteiger partial charge is 0.357 e. The molecule has 0 aliphatic rings. The number of rotatable bonds is 8. The SMILES string of the molecule is CCNC(=NCc1cccc(S(=O)(=O)NC)c1)NCC(C)(C)c1cccs1. The molecule has 0 fully saturated rings. The summed E-state index contributed by atoms with van der Waals surface area (Å²) < 4.78 is 26.2. The van der Waals surface area contributed by atoms with Gasteiger partial charge in [0, 0.05) is 23.4 Å². The van der Waals surface area contributed by atoms with Crippen LogP contribution in [0, 0.1) is 0 Å². The second-order valence-corrected chi connectivity index (χ2v) is 9.60. The summed E-state index contributed by atoms with van der Waals surface area (Å²) in [4.78, 5) is 6.16. The first-order valence-corrected chi connectivity index (χ1v) is 11.2. The summed E-state index contributed by atoms with van der Waals surface area (Å²) in [5.74, 6) is 0.712. The third kappa shape index (κ3) is 6.05. The molecule has 1 aromatic carbocycles. The van der Waals surface area contributed by atoms with Crippen LogP contribution in [0.1, 0.15) is 31.2 Å². The molecule has 2 aromatic rings. The molecular formula is C19H28N4O2S2. The number of hydrogen-bond donors (Lipinski definition) is 3. The van der Waals surface area contributed by atoms with Gasteiger partial charge in [-0.1, -0.05) is 32.0 Å². The Balaban J connectivity index is 2.08. The van der Waals surface area contributed by atoms with Crippen LogP contribution in [0.5, 0.6) is 0 Å². The van der Waals surface area contributed by atoms with Crippen LogP contribution in [-0.2, 0) is 22.0 Å². The topological polar surface area (TPSA) is 82.6 Å². The monoisotopic (exact) mass is 408 g/mol. The highest BCUT2D eigenvalue weighted by atomic mass is 32.2. The highest BCUT2D eigenvalue weighted by Gasteiger charge is 2.22. The lowest BCUT2D eigenvalue weighted by Gasteiger charge is -2.25. The Kier molecular flexibility index (Phi) is 7.41. The van der Waals surface area contributed by atoms with Crippen LogP contribution in [0.15, 0.2) is 51.7 Å². The molecule has 27 heavy (non-hydrogen) atoms. The smallest absolute Gasteiger partial charge is 0.240 e. The van der Waals surface area contributed by atoms with E-state index >= 15 is 0 Å². The number of sulfonamides is 1. The lowest BCUT2D eigenvalue weighted by atomic mass is 9.91. The van der Waals surface area contributed by atoms with Gasteiger partial charge in [-0.15, -0.1) is 11.3 Å². The summed E-state index contributed by atoms with van der Waals surface area (Å²) in [6.45, 7) is 8.29. The number of guanidine groups is 1. The summed E-state index contributed by atoms with van der Waals surface area (Å²) in [5, 5.41) is 8.71. The number of nitrogens with one attached hydrogen (secondary N) is 3. The van der Waals surface area contributed by atoms with Crippen LogP contribution in [0.3, 0.4) is 0 Å². The Morgan fingerprint density at radius 1 is 1.19 bits per heavy atom. The van der Waals surface area contributed by atoms with Crippen molar-refractivity contribution in [3.05, 3.63) is 52.2 Å². The average molecular weight is 409 g/mol. The van der Waals surface area contributed by atoms with Crippen LogP contribution in [-0.4, -0.2) is 34.5 Å². The highest BCUT2D eigenvalue weighted by Crippen LogP contribution is 2.26. The van der Waals surface area contributed by atoms with Crippen molar-refractivity contribution in [1.82, 2.24) is 15.4 Å². The number of thiophene rings is 1. The fourth-order valence-corrected chi connectivity index (χ4v) is 4.15. The zero-order valence-corrected chi connectivity index (χ0v) is 17.9. The maximum absolute atomic E-state index is 11.9. The summed E-state index contributed by atoms with van der Waals surface area (Å²) in [6, 6.07) is 11.0. The van der Waals surface area contributed by atoms with Gasteiger partial charge in [-0.05, 0) is 43.1 Å². The van der Waals surface area contributed by atoms with Gasteiger partial charge < -0.3 is 10.6 Å². The van der Waals surface area contributed by atoms with E-state index in [0.29, 0.717) is 12.5 Å². The van der Waals surface area contributed by atoms with Crippen LogP contribution in [0.2, 0.25) is 0 Å². The Morgan fingerprint density at radius 3 is 2.59 bits per heavy atom. The lowest BCUT2D eigenvalue weighted by molar-refractivity contribution is 0.518. The van der Waals surface area contributed by atoms with Gasteiger partial charge in [0.15, 0.2) is 5.96 Å². The van der Waals surface area contributed by atoms with Crippen molar-refractivity contribution in [3.63, 3.8) is 0 Å². The van der Waals surface area contributed by atoms with Crippen molar-refractivity contribution in [2.24, 2.45) is 4.99 Å². The minimum Gasteiger partial charge on any atom is -0.357 e. The molecule has 0 aliphatic carbocycles. The first-order valence-electron chi connectivity index (χ1n) is 8.87. The minimum absolute atomic E-state index is 0.00878. The molecule has 3 N–H and O–H groups in total. The molecule has 148 valence electrons. The zero-order chi connectivity index (χ0) is 19.9. The van der Waals surface area contributed by atoms with E-state index in [1.807, 2.05) is 13.0 Å². The standard InChI is InChI=1S/C19H28N4O2S2/c1-5-21-18(23-14-19(2,3)17-10-7-11-26-17)22-13-15-8-6-9-16(12-15)27(24,25)20-4/h6-12,20H,5,13-14H2,1-4H3,(H2,21,22,23). The molecule has 0 bridgehead atoms. The summed E-state index contributed by atoms with van der Waals surface area (Å²) in [6.07, 6.45) is 0. The third-order valence-corrected chi connectivity index (χ3v) is 6.78. The highest BCUT2D eigenvalue weighted by molar-refractivity contribution is 7.89. The number of benzene rings is 1. The molecule has 1 aromatic heterocycles. The molecule has 0 spiro atoms. The molecule has 8 heteroatoms. The molecule has 6 nitrogen and oxygen atoms in total. The lowest BCUT2D eigenvalue weighted by Crippen LogP contribution is -2.43. The Bertz CT molecular complexity index is 860. The molecule has 0 unspecified atom stereocenters. The predicted octanol–water partition coefficient (Wildman–Crippen LogP) is 2.69. The number of aliphatic imine (C=N–C) groups is 1. The van der Waals surface area contributed by atoms with Crippen molar-refractivity contribution >= 4 is 27.3 Å². The molecule has 0 aliphatic heterocycles. The van der Waals surface area contributed by atoms with E-state index in [9.17, 15) is 8.42 Å². The molecule has 0 saturated carbocycles. The van der Waals surface area contributed by atoms with Gasteiger partial charge in [-0.25, -0.2) is 18.1 Å². The van der Waals surface area contributed by atoms with Gasteiger partial charge in [0.1, 0.15) is 0 Å². The van der Waals surface area contributed by atoms with Gasteiger partial charge in [0.25, 0.3) is 0 Å². The number of hydrogen-bond acceptors (Lipinski definition) is 4. The van der Waals surface area contributed by atoms with E-state index in [1.165, 1.54) is 11.9 Å². The van der Waals surface area contributed by atoms with Crippen LogP contribution in [0.25, 0.3) is 0 Å². The Morgan fingerprint density at radius 2 is 1.96 bits per heavy atom. The van der Waals surface area contributed by atoms with E-state index in [1.54, 1.807) is 29.5 Å². The number of nitrogens with zero attached hydrogens (tertiary/aromatic N) is 1. The fraction of sp³-hybridized carbons (Fsp3) is 0.421. The fourth-order valence-electron chi connectivity index (χ4n) is 2.50. The van der Waals surface area contributed by atoms with Gasteiger partial charge in [-0.2, -0.15) is 0 Å². The summed E-state index contributed by atoms with van der Waals surface area (Å²) in [7, 11) is -2.05. The van der Waals surface area contributed by atoms with E-state index in [0.717, 1.165) is 18.7 Å². The van der Waals surface area contributed by atoms with Gasteiger partial charge in [0.2, 0.25) is 10.0 Å². The van der Waals surface area contributed by atoms with Gasteiger partial charge >= 0.3 is 0 Å². The van der Waals surface area contributed by atoms with Crippen molar-refractivity contribution in [2.45, 2.75) is 37.6 Å². The van der Waals surface area contributed by atoms with Gasteiger partial charge in [0.05, 0.1) is 11.4 Å². The van der Waals surface area contributed by atoms with Crippen molar-refractivity contribution in [3.8, 4) is 0 Å². The molecular weight excluding hydrogens is 380 g/mol. The van der Waals surface area contributed by atoms with E-state index < -0.39 is 10.0 Å². The molecule has 1 heterocycles. The summed E-state index contributed by atoms with van der Waals surface area (Å²) >= 11 is 1.75. The molecule has 0 atom stereocenters. The average Bonchev–Trinajstić information content (AvgIpc) is 3.20. The zero-order valence-electron chi connectivity index (χ0n) is 16.2. The van der Waals surface area contributed by atoms with E-state index in [4.69, 9.17) is 0 Å². The molecule has 0 amide bonds. The first-order chi connectivity index (χ1) is 12.8. The Labute approximate surface area is 166 Å². The van der Waals surface area contributed by atoms with Gasteiger partial charge in [-0.3, -0.25) is 0 Å². The maximum atomic E-state index is 11.9. The maximum Gasteiger partial charge on any atom is 0.240 e. The quantitative estimate of drug-likeness (QED) is 0.463. The van der Waals surface area contributed by atoms with Crippen molar-refractivity contribution in [2.75, 3.05) is 20.1 Å². The normalized spacial score (nSPS) is 12.8.